The molecule has 6 nitrogen and oxygen atoms in total. The number of piperidine rings is 1. The van der Waals surface area contributed by atoms with Crippen molar-refractivity contribution >= 4 is 11.8 Å². The summed E-state index contributed by atoms with van der Waals surface area (Å²) in [7, 11) is 1.73. The second kappa shape index (κ2) is 8.81. The number of primary amides is 1. The highest BCUT2D eigenvalue weighted by molar-refractivity contribution is 5.86. The number of rotatable bonds is 9. The highest BCUT2D eigenvalue weighted by Crippen LogP contribution is 2.52. The molecule has 2 fully saturated rings. The van der Waals surface area contributed by atoms with Gasteiger partial charge in [0.25, 0.3) is 0 Å². The third-order valence-corrected chi connectivity index (χ3v) is 8.07. The normalized spacial score (nSPS) is 28.5. The molecule has 1 saturated carbocycles. The second-order valence-electron chi connectivity index (χ2n) is 9.97. The van der Waals surface area contributed by atoms with Gasteiger partial charge >= 0.3 is 0 Å². The average molecular weight is 428 g/mol. The summed E-state index contributed by atoms with van der Waals surface area (Å²) in [6, 6.07) is 6.53. The molecule has 4 rings (SSSR count). The predicted molar refractivity (Wildman–Crippen MR) is 121 cm³/mol. The third-order valence-electron chi connectivity index (χ3n) is 8.07. The van der Waals surface area contributed by atoms with Crippen molar-refractivity contribution in [3.05, 3.63) is 29.3 Å². The van der Waals surface area contributed by atoms with Gasteiger partial charge < -0.3 is 15.8 Å². The van der Waals surface area contributed by atoms with Crippen LogP contribution in [0.1, 0.15) is 63.5 Å². The number of nitrogens with one attached hydrogen (secondary N) is 1. The molecule has 1 aromatic rings. The van der Waals surface area contributed by atoms with Gasteiger partial charge in [0.2, 0.25) is 11.8 Å². The predicted octanol–water partition coefficient (Wildman–Crippen LogP) is 2.77. The quantitative estimate of drug-likeness (QED) is 0.635. The van der Waals surface area contributed by atoms with Gasteiger partial charge in [0.05, 0.1) is 7.11 Å². The Morgan fingerprint density at radius 2 is 2.13 bits per heavy atom. The molecule has 4 atom stereocenters. The largest absolute Gasteiger partial charge is 0.497 e. The van der Waals surface area contributed by atoms with E-state index in [9.17, 15) is 9.59 Å². The molecule has 1 saturated heterocycles. The lowest BCUT2D eigenvalue weighted by Gasteiger charge is -2.56. The lowest BCUT2D eigenvalue weighted by Crippen LogP contribution is -2.59. The molecule has 1 heterocycles. The number of ether oxygens (including phenoxy) is 1. The Morgan fingerprint density at radius 1 is 1.35 bits per heavy atom. The average Bonchev–Trinajstić information content (AvgIpc) is 3.55. The molecular weight excluding hydrogens is 390 g/mol. The minimum atomic E-state index is -0.626. The van der Waals surface area contributed by atoms with Crippen molar-refractivity contribution in [1.29, 1.82) is 0 Å². The third kappa shape index (κ3) is 4.45. The van der Waals surface area contributed by atoms with Gasteiger partial charge in [0.1, 0.15) is 11.8 Å². The number of hydrogen-bond acceptors (Lipinski definition) is 4. The van der Waals surface area contributed by atoms with Crippen LogP contribution >= 0.6 is 0 Å². The van der Waals surface area contributed by atoms with Crippen molar-refractivity contribution < 1.29 is 14.3 Å². The summed E-state index contributed by atoms with van der Waals surface area (Å²) in [5.74, 6) is 1.75. The van der Waals surface area contributed by atoms with Crippen molar-refractivity contribution in [1.82, 2.24) is 10.2 Å². The summed E-state index contributed by atoms with van der Waals surface area (Å²) in [6.45, 7) is 6.42. The molecule has 1 aliphatic heterocycles. The van der Waals surface area contributed by atoms with Crippen LogP contribution < -0.4 is 15.8 Å². The van der Waals surface area contributed by atoms with Gasteiger partial charge in [-0.2, -0.15) is 0 Å². The number of fused-ring (bicyclic) bond motifs is 4. The van der Waals surface area contributed by atoms with E-state index in [0.717, 1.165) is 43.9 Å². The molecule has 0 spiro atoms. The van der Waals surface area contributed by atoms with Crippen molar-refractivity contribution in [2.75, 3.05) is 20.2 Å². The van der Waals surface area contributed by atoms with E-state index in [1.54, 1.807) is 14.0 Å². The van der Waals surface area contributed by atoms with E-state index in [-0.39, 0.29) is 11.3 Å². The smallest absolute Gasteiger partial charge is 0.239 e. The molecule has 3 N–H and O–H groups in total. The minimum absolute atomic E-state index is 0.0718. The molecule has 3 aliphatic rings. The van der Waals surface area contributed by atoms with Gasteiger partial charge in [0.15, 0.2) is 0 Å². The van der Waals surface area contributed by atoms with Crippen molar-refractivity contribution in [2.45, 2.75) is 76.3 Å². The Morgan fingerprint density at radius 3 is 2.81 bits per heavy atom. The Bertz CT molecular complexity index is 837. The molecule has 0 aromatic heterocycles. The maximum Gasteiger partial charge on any atom is 0.239 e. The first-order chi connectivity index (χ1) is 14.8. The van der Waals surface area contributed by atoms with Crippen LogP contribution in [-0.2, 0) is 21.4 Å². The minimum Gasteiger partial charge on any atom is -0.497 e. The van der Waals surface area contributed by atoms with Gasteiger partial charge in [-0.15, -0.1) is 0 Å². The maximum absolute atomic E-state index is 12.3. The summed E-state index contributed by atoms with van der Waals surface area (Å²) in [5, 5.41) is 2.71. The van der Waals surface area contributed by atoms with E-state index in [1.807, 2.05) is 0 Å². The van der Waals surface area contributed by atoms with Crippen LogP contribution in [0.4, 0.5) is 0 Å². The van der Waals surface area contributed by atoms with Gasteiger partial charge in [-0.3, -0.25) is 14.5 Å². The number of methoxy groups -OCH3 is 1. The lowest BCUT2D eigenvalue weighted by atomic mass is 9.56. The summed E-state index contributed by atoms with van der Waals surface area (Å²) in [6.07, 6.45) is 7.18. The topological polar surface area (TPSA) is 84.7 Å². The summed E-state index contributed by atoms with van der Waals surface area (Å²) in [4.78, 5) is 26.3. The van der Waals surface area contributed by atoms with E-state index in [1.165, 1.54) is 30.5 Å². The lowest BCUT2D eigenvalue weighted by molar-refractivity contribution is -0.127. The Balaban J connectivity index is 1.53. The molecule has 2 aliphatic carbocycles. The van der Waals surface area contributed by atoms with Crippen LogP contribution in [0.15, 0.2) is 18.2 Å². The highest BCUT2D eigenvalue weighted by atomic mass is 16.5. The number of nitrogens with two attached hydrogens (primary N) is 1. The molecule has 6 heteroatoms. The van der Waals surface area contributed by atoms with Crippen LogP contribution in [0.25, 0.3) is 0 Å². The van der Waals surface area contributed by atoms with Gasteiger partial charge in [-0.25, -0.2) is 0 Å². The van der Waals surface area contributed by atoms with Crippen LogP contribution in [0, 0.1) is 11.8 Å². The number of benzene rings is 1. The van der Waals surface area contributed by atoms with Crippen LogP contribution in [-0.4, -0.2) is 49.0 Å². The van der Waals surface area contributed by atoms with E-state index in [0.29, 0.717) is 18.4 Å². The van der Waals surface area contributed by atoms with Gasteiger partial charge in [0, 0.05) is 24.4 Å². The Labute approximate surface area is 185 Å². The van der Waals surface area contributed by atoms with Crippen molar-refractivity contribution in [3.63, 3.8) is 0 Å². The second-order valence-corrected chi connectivity index (χ2v) is 9.97. The Kier molecular flexibility index (Phi) is 6.29. The fourth-order valence-corrected chi connectivity index (χ4v) is 5.95. The highest BCUT2D eigenvalue weighted by Gasteiger charge is 2.51. The number of carbonyl (C=O) groups is 2. The van der Waals surface area contributed by atoms with Crippen molar-refractivity contribution in [3.8, 4) is 5.75 Å². The van der Waals surface area contributed by atoms with Gasteiger partial charge in [-0.1, -0.05) is 13.0 Å². The molecule has 2 amide bonds. The zero-order valence-electron chi connectivity index (χ0n) is 19.2. The van der Waals surface area contributed by atoms with E-state index >= 15 is 0 Å². The molecule has 31 heavy (non-hydrogen) atoms. The van der Waals surface area contributed by atoms with E-state index in [2.05, 4.69) is 35.3 Å². The zero-order chi connectivity index (χ0) is 22.2. The number of likely N-dealkylation sites (tertiary alicyclic amines) is 1. The monoisotopic (exact) mass is 427 g/mol. The number of nitrogens with zero attached hydrogens (tertiary/aromatic N) is 1. The first-order valence-corrected chi connectivity index (χ1v) is 11.8. The molecule has 1 aromatic carbocycles. The van der Waals surface area contributed by atoms with Crippen LogP contribution in [0.5, 0.6) is 5.75 Å². The number of hydrogen-bond donors (Lipinski definition) is 2. The molecule has 2 bridgehead atoms. The summed E-state index contributed by atoms with van der Waals surface area (Å²) < 4.78 is 5.57. The standard InChI is InChI=1S/C25H37N3O3/c1-16-22-13-19-8-9-20(31-3)14-21(19)25(16,11-12-28(22)15-18-6-7-18)10-4-5-23(29)27-17(2)24(26)30/h8-9,14,16-18,22H,4-7,10-13,15H2,1-3H3,(H2,26,30)(H,27,29). The number of carbonyl (C=O) groups excluding carboxylic acids is 2. The maximum atomic E-state index is 12.3. The zero-order valence-corrected chi connectivity index (χ0v) is 19.2. The first kappa shape index (κ1) is 22.1. The fraction of sp³-hybridized carbons (Fsp3) is 0.680. The van der Waals surface area contributed by atoms with Crippen LogP contribution in [0.2, 0.25) is 0 Å². The molecular formula is C25H37N3O3. The molecule has 0 radical (unpaired) electrons. The van der Waals surface area contributed by atoms with Gasteiger partial charge in [-0.05, 0) is 87.1 Å². The summed E-state index contributed by atoms with van der Waals surface area (Å²) >= 11 is 0. The fourth-order valence-electron chi connectivity index (χ4n) is 5.95. The molecule has 170 valence electrons. The first-order valence-electron chi connectivity index (χ1n) is 11.8. The van der Waals surface area contributed by atoms with E-state index in [4.69, 9.17) is 10.5 Å². The Hall–Kier alpha value is -2.08. The van der Waals surface area contributed by atoms with Crippen LogP contribution in [0.3, 0.4) is 0 Å². The SMILES string of the molecule is COc1ccc2c(c1)C1(CCCC(=O)NC(C)C(N)=O)CCN(CC3CC3)C(C2)C1C. The van der Waals surface area contributed by atoms with Crippen molar-refractivity contribution in [2.24, 2.45) is 17.6 Å². The molecule has 4 unspecified atom stereocenters. The van der Waals surface area contributed by atoms with E-state index < -0.39 is 11.9 Å². The number of amides is 2. The summed E-state index contributed by atoms with van der Waals surface area (Å²) in [5.41, 5.74) is 8.21.